The number of alkyl halides is 3. The maximum atomic E-state index is 12.7. The van der Waals surface area contributed by atoms with Gasteiger partial charge in [-0.2, -0.15) is 13.2 Å². The molecule has 1 atom stereocenters. The molecule has 0 aliphatic heterocycles. The van der Waals surface area contributed by atoms with E-state index in [4.69, 9.17) is 10.5 Å². The molecule has 23 heavy (non-hydrogen) atoms. The zero-order chi connectivity index (χ0) is 16.6. The SMILES string of the molecule is COc1ccc2c(c1)CCC(c1ccc(C(F)(F)F)cc1N)C2. The molecule has 1 aliphatic carbocycles. The van der Waals surface area contributed by atoms with Gasteiger partial charge < -0.3 is 10.5 Å². The molecule has 0 amide bonds. The summed E-state index contributed by atoms with van der Waals surface area (Å²) in [4.78, 5) is 0. The molecule has 2 N–H and O–H groups in total. The minimum absolute atomic E-state index is 0.151. The van der Waals surface area contributed by atoms with Crippen LogP contribution in [0.15, 0.2) is 36.4 Å². The highest BCUT2D eigenvalue weighted by atomic mass is 19.4. The predicted octanol–water partition coefficient (Wildman–Crippen LogP) is 4.57. The van der Waals surface area contributed by atoms with Crippen LogP contribution in [0.4, 0.5) is 18.9 Å². The minimum atomic E-state index is -4.36. The van der Waals surface area contributed by atoms with Gasteiger partial charge in [-0.25, -0.2) is 0 Å². The Hall–Kier alpha value is -2.17. The lowest BCUT2D eigenvalue weighted by Gasteiger charge is -2.26. The van der Waals surface area contributed by atoms with Gasteiger partial charge >= 0.3 is 6.18 Å². The number of nitrogens with two attached hydrogens (primary N) is 1. The van der Waals surface area contributed by atoms with Crippen molar-refractivity contribution in [3.8, 4) is 5.75 Å². The van der Waals surface area contributed by atoms with Crippen LogP contribution in [0, 0.1) is 0 Å². The van der Waals surface area contributed by atoms with Crippen molar-refractivity contribution in [2.24, 2.45) is 0 Å². The van der Waals surface area contributed by atoms with Gasteiger partial charge in [0.15, 0.2) is 0 Å². The molecule has 2 aromatic carbocycles. The first-order chi connectivity index (χ1) is 10.9. The van der Waals surface area contributed by atoms with Crippen LogP contribution in [0.5, 0.6) is 5.75 Å². The number of hydrogen-bond acceptors (Lipinski definition) is 2. The lowest BCUT2D eigenvalue weighted by molar-refractivity contribution is -0.137. The van der Waals surface area contributed by atoms with E-state index in [-0.39, 0.29) is 11.6 Å². The van der Waals surface area contributed by atoms with Crippen molar-refractivity contribution < 1.29 is 17.9 Å². The largest absolute Gasteiger partial charge is 0.497 e. The Labute approximate surface area is 133 Å². The van der Waals surface area contributed by atoms with Crippen molar-refractivity contribution in [1.82, 2.24) is 0 Å². The highest BCUT2D eigenvalue weighted by molar-refractivity contribution is 5.53. The molecule has 0 fully saturated rings. The van der Waals surface area contributed by atoms with Crippen LogP contribution in [0.25, 0.3) is 0 Å². The number of halogens is 3. The van der Waals surface area contributed by atoms with E-state index < -0.39 is 11.7 Å². The first-order valence-corrected chi connectivity index (χ1v) is 7.51. The molecule has 2 aromatic rings. The Morgan fingerprint density at radius 1 is 1.09 bits per heavy atom. The summed E-state index contributed by atoms with van der Waals surface area (Å²) in [5.74, 6) is 0.981. The monoisotopic (exact) mass is 321 g/mol. The number of rotatable bonds is 2. The maximum absolute atomic E-state index is 12.7. The number of aryl methyl sites for hydroxylation is 1. The highest BCUT2D eigenvalue weighted by Crippen LogP contribution is 2.38. The maximum Gasteiger partial charge on any atom is 0.416 e. The molecule has 0 spiro atoms. The highest BCUT2D eigenvalue weighted by Gasteiger charge is 2.31. The van der Waals surface area contributed by atoms with E-state index in [1.54, 1.807) is 7.11 Å². The Balaban J connectivity index is 1.86. The van der Waals surface area contributed by atoms with E-state index >= 15 is 0 Å². The summed E-state index contributed by atoms with van der Waals surface area (Å²) in [6.45, 7) is 0. The van der Waals surface area contributed by atoms with E-state index in [1.165, 1.54) is 17.2 Å². The van der Waals surface area contributed by atoms with Gasteiger partial charge in [-0.15, -0.1) is 0 Å². The Morgan fingerprint density at radius 3 is 2.52 bits per heavy atom. The van der Waals surface area contributed by atoms with Crippen molar-refractivity contribution in [3.63, 3.8) is 0 Å². The van der Waals surface area contributed by atoms with E-state index in [2.05, 4.69) is 0 Å². The van der Waals surface area contributed by atoms with Crippen LogP contribution in [0.2, 0.25) is 0 Å². The van der Waals surface area contributed by atoms with Crippen LogP contribution in [0.1, 0.15) is 34.6 Å². The van der Waals surface area contributed by atoms with Crippen LogP contribution in [-0.4, -0.2) is 7.11 Å². The summed E-state index contributed by atoms with van der Waals surface area (Å²) in [6.07, 6.45) is -1.83. The second-order valence-corrected chi connectivity index (χ2v) is 5.92. The van der Waals surface area contributed by atoms with E-state index in [9.17, 15) is 13.2 Å². The third-order valence-corrected chi connectivity index (χ3v) is 4.50. The van der Waals surface area contributed by atoms with Crippen molar-refractivity contribution in [2.75, 3.05) is 12.8 Å². The topological polar surface area (TPSA) is 35.2 Å². The molecule has 0 saturated heterocycles. The van der Waals surface area contributed by atoms with Crippen LogP contribution < -0.4 is 10.5 Å². The lowest BCUT2D eigenvalue weighted by Crippen LogP contribution is -2.15. The fraction of sp³-hybridized carbons (Fsp3) is 0.333. The number of nitrogen functional groups attached to an aromatic ring is 1. The summed E-state index contributed by atoms with van der Waals surface area (Å²) in [5, 5.41) is 0. The van der Waals surface area contributed by atoms with Gasteiger partial charge in [0.2, 0.25) is 0 Å². The average molecular weight is 321 g/mol. The lowest BCUT2D eigenvalue weighted by atomic mass is 9.79. The smallest absolute Gasteiger partial charge is 0.416 e. The van der Waals surface area contributed by atoms with Crippen molar-refractivity contribution >= 4 is 5.69 Å². The molecule has 0 aromatic heterocycles. The fourth-order valence-electron chi connectivity index (χ4n) is 3.25. The zero-order valence-corrected chi connectivity index (χ0v) is 12.8. The molecule has 122 valence electrons. The van der Waals surface area contributed by atoms with Gasteiger partial charge in [-0.05, 0) is 66.1 Å². The molecule has 0 saturated carbocycles. The molecular formula is C18H18F3NO. The van der Waals surface area contributed by atoms with Gasteiger partial charge in [0, 0.05) is 5.69 Å². The van der Waals surface area contributed by atoms with Gasteiger partial charge in [0.25, 0.3) is 0 Å². The van der Waals surface area contributed by atoms with Gasteiger partial charge in [-0.1, -0.05) is 12.1 Å². The molecule has 1 unspecified atom stereocenters. The summed E-state index contributed by atoms with van der Waals surface area (Å²) in [7, 11) is 1.64. The summed E-state index contributed by atoms with van der Waals surface area (Å²) < 4.78 is 43.5. The van der Waals surface area contributed by atoms with Gasteiger partial charge in [0.05, 0.1) is 12.7 Å². The third-order valence-electron chi connectivity index (χ3n) is 4.50. The molecule has 3 rings (SSSR count). The van der Waals surface area contributed by atoms with Gasteiger partial charge in [0.1, 0.15) is 5.75 Å². The predicted molar refractivity (Wildman–Crippen MR) is 83.6 cm³/mol. The van der Waals surface area contributed by atoms with Gasteiger partial charge in [-0.3, -0.25) is 0 Å². The molecular weight excluding hydrogens is 303 g/mol. The molecule has 1 aliphatic rings. The summed E-state index contributed by atoms with van der Waals surface area (Å²) in [6, 6.07) is 9.66. The van der Waals surface area contributed by atoms with E-state index in [0.717, 1.165) is 42.7 Å². The molecule has 5 heteroatoms. The van der Waals surface area contributed by atoms with Crippen LogP contribution in [-0.2, 0) is 19.0 Å². The summed E-state index contributed by atoms with van der Waals surface area (Å²) >= 11 is 0. The number of anilines is 1. The molecule has 0 heterocycles. The van der Waals surface area contributed by atoms with Crippen LogP contribution >= 0.6 is 0 Å². The number of methoxy groups -OCH3 is 1. The van der Waals surface area contributed by atoms with E-state index in [0.29, 0.717) is 0 Å². The van der Waals surface area contributed by atoms with Crippen molar-refractivity contribution in [2.45, 2.75) is 31.4 Å². The minimum Gasteiger partial charge on any atom is -0.497 e. The van der Waals surface area contributed by atoms with Crippen molar-refractivity contribution in [1.29, 1.82) is 0 Å². The average Bonchev–Trinajstić information content (AvgIpc) is 2.53. The quantitative estimate of drug-likeness (QED) is 0.823. The number of hydrogen-bond donors (Lipinski definition) is 1. The molecule has 0 bridgehead atoms. The molecule has 0 radical (unpaired) electrons. The Bertz CT molecular complexity index is 725. The summed E-state index contributed by atoms with van der Waals surface area (Å²) in [5.41, 5.74) is 8.68. The molecule has 2 nitrogen and oxygen atoms in total. The zero-order valence-electron chi connectivity index (χ0n) is 12.8. The number of benzene rings is 2. The second kappa shape index (κ2) is 5.80. The number of ether oxygens (including phenoxy) is 1. The normalized spacial score (nSPS) is 17.7. The first kappa shape index (κ1) is 15.7. The first-order valence-electron chi connectivity index (χ1n) is 7.51. The standard InChI is InChI=1S/C18H18F3NO/c1-23-15-6-4-11-8-13(3-2-12(11)9-15)16-7-5-14(10-17(16)22)18(19,20)21/h4-7,9-10,13H,2-3,8,22H2,1H3. The Morgan fingerprint density at radius 2 is 1.87 bits per heavy atom. The van der Waals surface area contributed by atoms with Crippen molar-refractivity contribution in [3.05, 3.63) is 58.7 Å². The fourth-order valence-corrected chi connectivity index (χ4v) is 3.25. The second-order valence-electron chi connectivity index (χ2n) is 5.92. The Kier molecular flexibility index (Phi) is 3.96. The third kappa shape index (κ3) is 3.14. The van der Waals surface area contributed by atoms with Crippen LogP contribution in [0.3, 0.4) is 0 Å². The van der Waals surface area contributed by atoms with E-state index in [1.807, 2.05) is 18.2 Å². The number of fused-ring (bicyclic) bond motifs is 1.